The van der Waals surface area contributed by atoms with Gasteiger partial charge in [0, 0.05) is 22.7 Å². The molecule has 0 saturated carbocycles. The van der Waals surface area contributed by atoms with E-state index < -0.39 is 11.3 Å². The summed E-state index contributed by atoms with van der Waals surface area (Å²) >= 11 is 0. The molecule has 0 aliphatic heterocycles. The number of carbonyl (C=O) groups is 2. The zero-order valence-electron chi connectivity index (χ0n) is 11.2. The molecule has 0 aliphatic carbocycles. The van der Waals surface area contributed by atoms with Gasteiger partial charge in [-0.3, -0.25) is 4.79 Å². The van der Waals surface area contributed by atoms with Crippen LogP contribution in [0.2, 0.25) is 0 Å². The van der Waals surface area contributed by atoms with Gasteiger partial charge in [-0.2, -0.15) is 0 Å². The smallest absolute Gasteiger partial charge is 0.196 e. The van der Waals surface area contributed by atoms with Gasteiger partial charge in [0.2, 0.25) is 0 Å². The van der Waals surface area contributed by atoms with Gasteiger partial charge in [0.1, 0.15) is 0 Å². The number of rotatable bonds is 4. The van der Waals surface area contributed by atoms with Crippen LogP contribution >= 0.6 is 0 Å². The molecular formula is C17H14N2O2. The van der Waals surface area contributed by atoms with Crippen molar-refractivity contribution in [2.75, 3.05) is 0 Å². The molecule has 2 aromatic carbocycles. The van der Waals surface area contributed by atoms with E-state index in [0.717, 1.165) is 10.9 Å². The minimum atomic E-state index is -1.67. The van der Waals surface area contributed by atoms with Gasteiger partial charge in [0.05, 0.1) is 0 Å². The summed E-state index contributed by atoms with van der Waals surface area (Å²) in [6.45, 7) is 0. The third kappa shape index (κ3) is 2.06. The molecule has 0 bridgehead atoms. The zero-order chi connectivity index (χ0) is 14.9. The molecular weight excluding hydrogens is 264 g/mol. The highest BCUT2D eigenvalue weighted by atomic mass is 16.1. The number of Topliss-reactive ketones (excluding diaryl/α,β-unsaturated/α-hetero) is 1. The molecule has 0 fully saturated rings. The second-order valence-electron chi connectivity index (χ2n) is 4.93. The number of benzene rings is 2. The number of ketones is 1. The van der Waals surface area contributed by atoms with Crippen molar-refractivity contribution in [1.82, 2.24) is 4.98 Å². The van der Waals surface area contributed by atoms with Gasteiger partial charge in [-0.05, 0) is 11.6 Å². The molecule has 1 atom stereocenters. The number of aromatic nitrogens is 1. The third-order valence-electron chi connectivity index (χ3n) is 3.65. The molecule has 0 saturated heterocycles. The Bertz CT molecular complexity index is 808. The molecule has 0 radical (unpaired) electrons. The number of aromatic amines is 1. The average Bonchev–Trinajstić information content (AvgIpc) is 2.98. The summed E-state index contributed by atoms with van der Waals surface area (Å²) in [6.07, 6.45) is 2.10. The maximum atomic E-state index is 12.8. The Balaban J connectivity index is 2.14. The van der Waals surface area contributed by atoms with Crippen LogP contribution in [0.5, 0.6) is 0 Å². The van der Waals surface area contributed by atoms with Crippen LogP contribution in [0.25, 0.3) is 10.9 Å². The fourth-order valence-electron chi connectivity index (χ4n) is 2.45. The maximum Gasteiger partial charge on any atom is 0.196 e. The van der Waals surface area contributed by atoms with E-state index in [4.69, 9.17) is 5.73 Å². The van der Waals surface area contributed by atoms with Crippen molar-refractivity contribution in [2.24, 2.45) is 5.73 Å². The highest BCUT2D eigenvalue weighted by molar-refractivity contribution is 6.18. The largest absolute Gasteiger partial charge is 0.360 e. The molecule has 4 heteroatoms. The van der Waals surface area contributed by atoms with Crippen molar-refractivity contribution in [3.63, 3.8) is 0 Å². The number of nitrogens with one attached hydrogen (secondary N) is 1. The predicted molar refractivity (Wildman–Crippen MR) is 81.0 cm³/mol. The van der Waals surface area contributed by atoms with Crippen LogP contribution in [0.4, 0.5) is 0 Å². The molecule has 3 rings (SSSR count). The third-order valence-corrected chi connectivity index (χ3v) is 3.65. The number of nitrogens with two attached hydrogens (primary N) is 1. The van der Waals surface area contributed by atoms with Crippen molar-refractivity contribution in [2.45, 2.75) is 5.54 Å². The summed E-state index contributed by atoms with van der Waals surface area (Å²) < 4.78 is 0. The SMILES string of the molecule is NC(C=O)(C(=O)c1c[nH]c2ccccc12)c1ccccc1. The van der Waals surface area contributed by atoms with Crippen molar-refractivity contribution in [1.29, 1.82) is 0 Å². The number of H-pyrrole nitrogens is 1. The fourth-order valence-corrected chi connectivity index (χ4v) is 2.45. The van der Waals surface area contributed by atoms with Crippen LogP contribution in [0.15, 0.2) is 60.8 Å². The molecule has 0 aliphatic rings. The van der Waals surface area contributed by atoms with E-state index in [2.05, 4.69) is 4.98 Å². The molecule has 1 heterocycles. The zero-order valence-corrected chi connectivity index (χ0v) is 11.2. The van der Waals surface area contributed by atoms with Gasteiger partial charge in [-0.1, -0.05) is 48.5 Å². The molecule has 3 N–H and O–H groups in total. The molecule has 0 spiro atoms. The van der Waals surface area contributed by atoms with E-state index in [9.17, 15) is 9.59 Å². The van der Waals surface area contributed by atoms with Gasteiger partial charge in [0.15, 0.2) is 17.6 Å². The first-order valence-corrected chi connectivity index (χ1v) is 6.58. The van der Waals surface area contributed by atoms with Gasteiger partial charge >= 0.3 is 0 Å². The molecule has 1 aromatic heterocycles. The Hall–Kier alpha value is -2.72. The minimum Gasteiger partial charge on any atom is -0.360 e. The summed E-state index contributed by atoms with van der Waals surface area (Å²) in [4.78, 5) is 27.4. The predicted octanol–water partition coefficient (Wildman–Crippen LogP) is 2.40. The van der Waals surface area contributed by atoms with Crippen molar-refractivity contribution in [3.05, 3.63) is 71.9 Å². The number of para-hydroxylation sites is 1. The Morgan fingerprint density at radius 2 is 1.71 bits per heavy atom. The Morgan fingerprint density at radius 3 is 2.43 bits per heavy atom. The summed E-state index contributed by atoms with van der Waals surface area (Å²) in [7, 11) is 0. The van der Waals surface area contributed by atoms with Crippen LogP contribution in [0.3, 0.4) is 0 Å². The Morgan fingerprint density at radius 1 is 1.05 bits per heavy atom. The molecule has 1 unspecified atom stereocenters. The number of aldehydes is 1. The molecule has 104 valence electrons. The first-order valence-electron chi connectivity index (χ1n) is 6.58. The van der Waals surface area contributed by atoms with Crippen LogP contribution in [0, 0.1) is 0 Å². The normalized spacial score (nSPS) is 13.8. The minimum absolute atomic E-state index is 0.416. The highest BCUT2D eigenvalue weighted by Crippen LogP contribution is 2.26. The Kier molecular flexibility index (Phi) is 3.16. The van der Waals surface area contributed by atoms with Crippen LogP contribution < -0.4 is 5.73 Å². The van der Waals surface area contributed by atoms with Crippen LogP contribution in [-0.2, 0) is 10.3 Å². The van der Waals surface area contributed by atoms with Crippen molar-refractivity contribution < 1.29 is 9.59 Å². The lowest BCUT2D eigenvalue weighted by Gasteiger charge is -2.21. The number of carbonyl (C=O) groups excluding carboxylic acids is 2. The summed E-state index contributed by atoms with van der Waals surface area (Å²) in [5.74, 6) is -0.416. The first kappa shape index (κ1) is 13.3. The van der Waals surface area contributed by atoms with E-state index in [0.29, 0.717) is 17.4 Å². The summed E-state index contributed by atoms with van der Waals surface area (Å²) in [5, 5.41) is 0.759. The Labute approximate surface area is 121 Å². The lowest BCUT2D eigenvalue weighted by Crippen LogP contribution is -2.46. The number of fused-ring (bicyclic) bond motifs is 1. The molecule has 21 heavy (non-hydrogen) atoms. The summed E-state index contributed by atoms with van der Waals surface area (Å²) in [6, 6.07) is 16.1. The molecule has 3 aromatic rings. The first-order chi connectivity index (χ1) is 10.2. The van der Waals surface area contributed by atoms with E-state index in [1.165, 1.54) is 0 Å². The highest BCUT2D eigenvalue weighted by Gasteiger charge is 2.37. The summed E-state index contributed by atoms with van der Waals surface area (Å²) in [5.41, 5.74) is 6.18. The van der Waals surface area contributed by atoms with Gasteiger partial charge in [-0.15, -0.1) is 0 Å². The van der Waals surface area contributed by atoms with E-state index in [1.807, 2.05) is 30.3 Å². The topological polar surface area (TPSA) is 76.0 Å². The average molecular weight is 278 g/mol. The van der Waals surface area contributed by atoms with E-state index in [-0.39, 0.29) is 0 Å². The van der Waals surface area contributed by atoms with E-state index in [1.54, 1.807) is 30.5 Å². The van der Waals surface area contributed by atoms with Crippen LogP contribution in [-0.4, -0.2) is 17.1 Å². The lowest BCUT2D eigenvalue weighted by atomic mass is 9.84. The van der Waals surface area contributed by atoms with Crippen molar-refractivity contribution in [3.8, 4) is 0 Å². The second kappa shape index (κ2) is 5.00. The maximum absolute atomic E-state index is 12.8. The van der Waals surface area contributed by atoms with Gasteiger partial charge in [-0.25, -0.2) is 0 Å². The number of hydrogen-bond acceptors (Lipinski definition) is 3. The van der Waals surface area contributed by atoms with Crippen molar-refractivity contribution >= 4 is 23.0 Å². The monoisotopic (exact) mass is 278 g/mol. The van der Waals surface area contributed by atoms with Gasteiger partial charge < -0.3 is 15.5 Å². The van der Waals surface area contributed by atoms with E-state index >= 15 is 0 Å². The van der Waals surface area contributed by atoms with Gasteiger partial charge in [0.25, 0.3) is 0 Å². The molecule has 0 amide bonds. The lowest BCUT2D eigenvalue weighted by molar-refractivity contribution is -0.111. The quantitative estimate of drug-likeness (QED) is 0.437. The number of hydrogen-bond donors (Lipinski definition) is 2. The standard InChI is InChI=1S/C17H14N2O2/c18-17(11-20,12-6-2-1-3-7-12)16(21)14-10-19-15-9-5-4-8-13(14)15/h1-11,19H,18H2. The molecule has 4 nitrogen and oxygen atoms in total. The fraction of sp³-hybridized carbons (Fsp3) is 0.0588. The van der Waals surface area contributed by atoms with Crippen LogP contribution in [0.1, 0.15) is 15.9 Å². The second-order valence-corrected chi connectivity index (χ2v) is 4.93.